The minimum Gasteiger partial charge on any atom is -0.479 e. The number of halogens is 1. The summed E-state index contributed by atoms with van der Waals surface area (Å²) in [5, 5.41) is 0.538. The van der Waals surface area contributed by atoms with Gasteiger partial charge in [0.25, 0.3) is 0 Å². The number of aromatic amines is 1. The highest BCUT2D eigenvalue weighted by Gasteiger charge is 2.39. The molecule has 1 aliphatic rings. The van der Waals surface area contributed by atoms with Crippen LogP contribution in [0.25, 0.3) is 21.6 Å². The van der Waals surface area contributed by atoms with E-state index in [1.807, 2.05) is 19.1 Å². The van der Waals surface area contributed by atoms with Gasteiger partial charge in [0.05, 0.1) is 48.6 Å². The van der Waals surface area contributed by atoms with Crippen LogP contribution in [0, 0.1) is 0 Å². The van der Waals surface area contributed by atoms with Crippen molar-refractivity contribution >= 4 is 55.5 Å². The Hall–Kier alpha value is -2.30. The Morgan fingerprint density at radius 1 is 1.46 bits per heavy atom. The van der Waals surface area contributed by atoms with Gasteiger partial charge in [-0.25, -0.2) is 14.2 Å². The maximum absolute atomic E-state index is 12.9. The molecule has 0 fully saturated rings. The van der Waals surface area contributed by atoms with E-state index in [0.717, 1.165) is 21.0 Å². The van der Waals surface area contributed by atoms with Gasteiger partial charge in [-0.05, 0) is 24.9 Å². The van der Waals surface area contributed by atoms with E-state index in [2.05, 4.69) is 25.8 Å². The summed E-state index contributed by atoms with van der Waals surface area (Å²) in [6, 6.07) is 3.76. The molecule has 1 unspecified atom stereocenters. The SMILES string of the molecule is C=S1(=O)C[C@@](C)(c2sc(-c3cc4ncnc(OC)c4[nH]3)cc2Cl)N=C(N)N1C. The maximum Gasteiger partial charge on any atom is 0.241 e. The lowest BCUT2D eigenvalue weighted by molar-refractivity contribution is 0.402. The van der Waals surface area contributed by atoms with E-state index in [9.17, 15) is 4.21 Å². The predicted octanol–water partition coefficient (Wildman–Crippen LogP) is 2.46. The number of fused-ring (bicyclic) bond motifs is 1. The number of hydrogen-bond acceptors (Lipinski definition) is 7. The summed E-state index contributed by atoms with van der Waals surface area (Å²) in [6.07, 6.45) is 1.45. The monoisotopic (exact) mass is 438 g/mol. The van der Waals surface area contributed by atoms with E-state index in [-0.39, 0.29) is 11.7 Å². The van der Waals surface area contributed by atoms with Crippen LogP contribution >= 0.6 is 22.9 Å². The van der Waals surface area contributed by atoms with Gasteiger partial charge >= 0.3 is 0 Å². The second-order valence-corrected chi connectivity index (χ2v) is 10.6. The van der Waals surface area contributed by atoms with E-state index in [1.54, 1.807) is 14.2 Å². The lowest BCUT2D eigenvalue weighted by Crippen LogP contribution is -2.50. The first-order valence-electron chi connectivity index (χ1n) is 8.26. The van der Waals surface area contributed by atoms with Gasteiger partial charge in [-0.2, -0.15) is 4.98 Å². The van der Waals surface area contributed by atoms with E-state index in [1.165, 1.54) is 22.0 Å². The van der Waals surface area contributed by atoms with Gasteiger partial charge < -0.3 is 15.5 Å². The Kier molecular flexibility index (Phi) is 4.32. The summed E-state index contributed by atoms with van der Waals surface area (Å²) < 4.78 is 19.6. The average Bonchev–Trinajstić information content (AvgIpc) is 3.22. The minimum absolute atomic E-state index is 0.186. The fourth-order valence-corrected chi connectivity index (χ4v) is 6.61. The van der Waals surface area contributed by atoms with E-state index >= 15 is 0 Å². The zero-order valence-electron chi connectivity index (χ0n) is 15.5. The first kappa shape index (κ1) is 19.0. The molecule has 1 aliphatic heterocycles. The molecular formula is C17H19ClN6O2S2. The van der Waals surface area contributed by atoms with Crippen molar-refractivity contribution < 1.29 is 8.95 Å². The predicted molar refractivity (Wildman–Crippen MR) is 116 cm³/mol. The lowest BCUT2D eigenvalue weighted by Gasteiger charge is -2.36. The normalized spacial score (nSPS) is 25.1. The van der Waals surface area contributed by atoms with Crippen molar-refractivity contribution in [2.75, 3.05) is 19.9 Å². The molecule has 0 saturated heterocycles. The summed E-state index contributed by atoms with van der Waals surface area (Å²) >= 11 is 8.02. The number of aliphatic imine (C=N–C) groups is 1. The molecule has 2 atom stereocenters. The Bertz CT molecular complexity index is 1220. The molecule has 3 aromatic rings. The first-order valence-corrected chi connectivity index (χ1v) is 11.3. The molecule has 0 saturated carbocycles. The molecule has 0 spiro atoms. The van der Waals surface area contributed by atoms with Gasteiger partial charge in [0.15, 0.2) is 0 Å². The van der Waals surface area contributed by atoms with Gasteiger partial charge in [-0.15, -0.1) is 11.3 Å². The van der Waals surface area contributed by atoms with E-state index in [4.69, 9.17) is 22.1 Å². The highest BCUT2D eigenvalue weighted by atomic mass is 35.5. The fraction of sp³-hybridized carbons (Fsp3) is 0.294. The smallest absolute Gasteiger partial charge is 0.241 e. The van der Waals surface area contributed by atoms with Crippen LogP contribution in [0.1, 0.15) is 11.8 Å². The highest BCUT2D eigenvalue weighted by Crippen LogP contribution is 2.44. The largest absolute Gasteiger partial charge is 0.479 e. The Morgan fingerprint density at radius 2 is 2.21 bits per heavy atom. The third-order valence-electron chi connectivity index (χ3n) is 4.71. The van der Waals surface area contributed by atoms with Crippen LogP contribution in [0.5, 0.6) is 5.88 Å². The molecule has 3 N–H and O–H groups in total. The van der Waals surface area contributed by atoms with Gasteiger partial charge in [0.2, 0.25) is 11.8 Å². The van der Waals surface area contributed by atoms with Crippen molar-refractivity contribution in [3.63, 3.8) is 0 Å². The molecule has 28 heavy (non-hydrogen) atoms. The second-order valence-electron chi connectivity index (χ2n) is 6.77. The summed E-state index contributed by atoms with van der Waals surface area (Å²) in [5.74, 6) is 4.72. The third kappa shape index (κ3) is 2.92. The van der Waals surface area contributed by atoms with Crippen molar-refractivity contribution in [1.82, 2.24) is 19.3 Å². The number of ether oxygens (including phenoxy) is 1. The number of aromatic nitrogens is 3. The van der Waals surface area contributed by atoms with Gasteiger partial charge in [0.1, 0.15) is 17.4 Å². The summed E-state index contributed by atoms with van der Waals surface area (Å²) in [6.45, 7) is 1.87. The molecule has 4 rings (SSSR count). The molecule has 0 aliphatic carbocycles. The zero-order valence-corrected chi connectivity index (χ0v) is 17.9. The van der Waals surface area contributed by atoms with Crippen LogP contribution < -0.4 is 10.5 Å². The molecule has 0 radical (unpaired) electrons. The molecule has 148 valence electrons. The van der Waals surface area contributed by atoms with Crippen molar-refractivity contribution in [3.05, 3.63) is 28.4 Å². The number of methoxy groups -OCH3 is 1. The molecule has 0 amide bonds. The first-order chi connectivity index (χ1) is 13.1. The standard InChI is InChI=1S/C17H19ClN6O2S2/c1-17(7-28(4,25)24(2)16(19)23-17)14-9(18)5-12(27-14)10-6-11-13(22-10)15(26-3)21-8-20-11/h5-6,8,22H,4,7H2,1-3H3,(H2,19,23)/t17-,28?/m0/s1. The van der Waals surface area contributed by atoms with Gasteiger partial charge in [0, 0.05) is 7.05 Å². The summed E-state index contributed by atoms with van der Waals surface area (Å²) in [7, 11) is 0.606. The van der Waals surface area contributed by atoms with E-state index < -0.39 is 15.2 Å². The number of guanidine groups is 1. The van der Waals surface area contributed by atoms with Gasteiger partial charge in [-0.3, -0.25) is 4.31 Å². The number of H-pyrrole nitrogens is 1. The topological polar surface area (TPSA) is 109 Å². The summed E-state index contributed by atoms with van der Waals surface area (Å²) in [4.78, 5) is 17.9. The number of rotatable bonds is 3. The molecule has 4 heterocycles. The zero-order chi connectivity index (χ0) is 20.3. The lowest BCUT2D eigenvalue weighted by atomic mass is 10.0. The number of nitrogens with two attached hydrogens (primary N) is 1. The van der Waals surface area contributed by atoms with Crippen molar-refractivity contribution in [2.45, 2.75) is 12.5 Å². The molecule has 0 aromatic carbocycles. The number of nitrogens with zero attached hydrogens (tertiary/aromatic N) is 4. The highest BCUT2D eigenvalue weighted by molar-refractivity contribution is 7.98. The Labute approximate surface area is 171 Å². The van der Waals surface area contributed by atoms with Crippen LogP contribution in [0.3, 0.4) is 0 Å². The third-order valence-corrected chi connectivity index (χ3v) is 8.74. The number of thiophene rings is 1. The average molecular weight is 439 g/mol. The molecule has 11 heteroatoms. The number of nitrogens with one attached hydrogen (secondary N) is 1. The van der Waals surface area contributed by atoms with Crippen LogP contribution in [0.2, 0.25) is 5.02 Å². The van der Waals surface area contributed by atoms with Crippen LogP contribution in [-0.2, 0) is 15.2 Å². The van der Waals surface area contributed by atoms with Crippen molar-refractivity contribution in [1.29, 1.82) is 0 Å². The second kappa shape index (κ2) is 6.36. The molecule has 8 nitrogen and oxygen atoms in total. The van der Waals surface area contributed by atoms with E-state index in [0.29, 0.717) is 16.4 Å². The number of hydrogen-bond donors (Lipinski definition) is 2. The van der Waals surface area contributed by atoms with Crippen LogP contribution in [0.15, 0.2) is 23.5 Å². The Morgan fingerprint density at radius 3 is 2.89 bits per heavy atom. The Balaban J connectivity index is 1.82. The quantitative estimate of drug-likeness (QED) is 0.610. The van der Waals surface area contributed by atoms with Crippen molar-refractivity contribution in [2.24, 2.45) is 10.7 Å². The van der Waals surface area contributed by atoms with Gasteiger partial charge in [-0.1, -0.05) is 11.6 Å². The summed E-state index contributed by atoms with van der Waals surface area (Å²) in [5.41, 5.74) is 7.46. The minimum atomic E-state index is -2.59. The molecule has 3 aromatic heterocycles. The fourth-order valence-electron chi connectivity index (χ4n) is 3.25. The van der Waals surface area contributed by atoms with Crippen LogP contribution in [-0.4, -0.2) is 55.2 Å². The van der Waals surface area contributed by atoms with Crippen molar-refractivity contribution in [3.8, 4) is 16.5 Å². The maximum atomic E-state index is 12.9. The molecule has 0 bridgehead atoms. The molecular weight excluding hydrogens is 420 g/mol. The van der Waals surface area contributed by atoms with Crippen LogP contribution in [0.4, 0.5) is 0 Å².